The molecule has 0 bridgehead atoms. The van der Waals surface area contributed by atoms with Gasteiger partial charge in [0.1, 0.15) is 11.3 Å². The fourth-order valence-electron chi connectivity index (χ4n) is 2.01. The van der Waals surface area contributed by atoms with Crippen LogP contribution in [-0.2, 0) is 0 Å². The largest absolute Gasteiger partial charge is 0.456 e. The van der Waals surface area contributed by atoms with Crippen molar-refractivity contribution in [2.75, 3.05) is 6.54 Å². The minimum Gasteiger partial charge on any atom is -0.456 e. The van der Waals surface area contributed by atoms with Gasteiger partial charge in [0, 0.05) is 10.9 Å². The van der Waals surface area contributed by atoms with Crippen molar-refractivity contribution in [3.8, 4) is 0 Å². The average Bonchev–Trinajstić information content (AvgIpc) is 2.77. The average molecular weight is 257 g/mol. The summed E-state index contributed by atoms with van der Waals surface area (Å²) < 4.78 is 5.84. The van der Waals surface area contributed by atoms with Gasteiger partial charge in [-0.05, 0) is 58.4 Å². The zero-order valence-electron chi connectivity index (χ0n) is 12.3. The molecule has 102 valence electrons. The van der Waals surface area contributed by atoms with Crippen LogP contribution in [0.3, 0.4) is 0 Å². The number of allylic oxidation sites excluding steroid dienone is 1. The molecule has 2 heteroatoms. The van der Waals surface area contributed by atoms with E-state index in [1.165, 1.54) is 5.57 Å². The van der Waals surface area contributed by atoms with Gasteiger partial charge >= 0.3 is 0 Å². The van der Waals surface area contributed by atoms with Gasteiger partial charge in [0.25, 0.3) is 0 Å². The first-order valence-electron chi connectivity index (χ1n) is 6.86. The molecule has 0 radical (unpaired) electrons. The SMILES string of the molecule is C/C(=C/CCNC(C)(C)C)c1cc2ccccc2o1. The van der Waals surface area contributed by atoms with Gasteiger partial charge in [-0.3, -0.25) is 0 Å². The summed E-state index contributed by atoms with van der Waals surface area (Å²) in [4.78, 5) is 0. The highest BCUT2D eigenvalue weighted by Crippen LogP contribution is 2.24. The topological polar surface area (TPSA) is 25.2 Å². The fourth-order valence-corrected chi connectivity index (χ4v) is 2.01. The van der Waals surface area contributed by atoms with E-state index in [1.54, 1.807) is 0 Å². The Morgan fingerprint density at radius 2 is 2.00 bits per heavy atom. The van der Waals surface area contributed by atoms with Gasteiger partial charge in [-0.25, -0.2) is 0 Å². The summed E-state index contributed by atoms with van der Waals surface area (Å²) in [6.07, 6.45) is 3.25. The van der Waals surface area contributed by atoms with E-state index in [0.717, 1.165) is 29.7 Å². The molecule has 2 aromatic rings. The third-order valence-corrected chi connectivity index (χ3v) is 3.06. The van der Waals surface area contributed by atoms with E-state index >= 15 is 0 Å². The van der Waals surface area contributed by atoms with Crippen LogP contribution in [0.15, 0.2) is 40.8 Å². The predicted molar refractivity (Wildman–Crippen MR) is 82.2 cm³/mol. The molecular weight excluding hydrogens is 234 g/mol. The molecule has 1 aromatic heterocycles. The lowest BCUT2D eigenvalue weighted by atomic mass is 10.1. The second-order valence-corrected chi connectivity index (χ2v) is 6.00. The molecule has 0 fully saturated rings. The molecular formula is C17H23NO. The summed E-state index contributed by atoms with van der Waals surface area (Å²) in [6, 6.07) is 10.2. The first-order chi connectivity index (χ1) is 8.96. The van der Waals surface area contributed by atoms with Crippen LogP contribution in [0.25, 0.3) is 16.5 Å². The third kappa shape index (κ3) is 3.97. The molecule has 2 nitrogen and oxygen atoms in total. The van der Waals surface area contributed by atoms with Crippen LogP contribution < -0.4 is 5.32 Å². The molecule has 0 atom stereocenters. The smallest absolute Gasteiger partial charge is 0.134 e. The van der Waals surface area contributed by atoms with Crippen molar-refractivity contribution in [1.29, 1.82) is 0 Å². The molecule has 0 amide bonds. The van der Waals surface area contributed by atoms with Gasteiger partial charge < -0.3 is 9.73 Å². The van der Waals surface area contributed by atoms with Gasteiger partial charge in [-0.2, -0.15) is 0 Å². The van der Waals surface area contributed by atoms with E-state index in [2.05, 4.69) is 51.2 Å². The first-order valence-corrected chi connectivity index (χ1v) is 6.86. The van der Waals surface area contributed by atoms with Crippen molar-refractivity contribution >= 4 is 16.5 Å². The monoisotopic (exact) mass is 257 g/mol. The minimum absolute atomic E-state index is 0.182. The van der Waals surface area contributed by atoms with Gasteiger partial charge in [-0.15, -0.1) is 0 Å². The minimum atomic E-state index is 0.182. The van der Waals surface area contributed by atoms with Gasteiger partial charge in [0.2, 0.25) is 0 Å². The lowest BCUT2D eigenvalue weighted by Crippen LogP contribution is -2.36. The Kier molecular flexibility index (Phi) is 4.11. The highest BCUT2D eigenvalue weighted by atomic mass is 16.3. The molecule has 1 aromatic carbocycles. The van der Waals surface area contributed by atoms with Crippen molar-refractivity contribution in [3.63, 3.8) is 0 Å². The van der Waals surface area contributed by atoms with Crippen molar-refractivity contribution in [2.24, 2.45) is 0 Å². The number of hydrogen-bond donors (Lipinski definition) is 1. The Hall–Kier alpha value is -1.54. The van der Waals surface area contributed by atoms with Crippen LogP contribution >= 0.6 is 0 Å². The maximum Gasteiger partial charge on any atom is 0.134 e. The lowest BCUT2D eigenvalue weighted by Gasteiger charge is -2.19. The van der Waals surface area contributed by atoms with Gasteiger partial charge in [0.05, 0.1) is 0 Å². The molecule has 0 aliphatic rings. The maximum absolute atomic E-state index is 5.84. The quantitative estimate of drug-likeness (QED) is 0.809. The van der Waals surface area contributed by atoms with Crippen LogP contribution in [-0.4, -0.2) is 12.1 Å². The molecule has 0 aliphatic heterocycles. The molecule has 0 saturated carbocycles. The van der Waals surface area contributed by atoms with Crippen LogP contribution in [0.1, 0.15) is 39.9 Å². The Morgan fingerprint density at radius 1 is 1.26 bits per heavy atom. The molecule has 0 unspecified atom stereocenters. The summed E-state index contributed by atoms with van der Waals surface area (Å²) in [5, 5.41) is 4.64. The number of furan rings is 1. The molecule has 19 heavy (non-hydrogen) atoms. The molecule has 0 saturated heterocycles. The Morgan fingerprint density at radius 3 is 2.68 bits per heavy atom. The standard InChI is InChI=1S/C17H23NO/c1-13(8-7-11-18-17(2,3)4)16-12-14-9-5-6-10-15(14)19-16/h5-6,8-10,12,18H,7,11H2,1-4H3/b13-8-. The summed E-state index contributed by atoms with van der Waals surface area (Å²) in [7, 11) is 0. The molecule has 2 rings (SSSR count). The molecule has 1 N–H and O–H groups in total. The second kappa shape index (κ2) is 5.62. The normalized spacial score (nSPS) is 13.2. The number of rotatable bonds is 4. The predicted octanol–water partition coefficient (Wildman–Crippen LogP) is 4.61. The van der Waals surface area contributed by atoms with Crippen LogP contribution in [0, 0.1) is 0 Å². The zero-order valence-corrected chi connectivity index (χ0v) is 12.3. The first kappa shape index (κ1) is 13.9. The van der Waals surface area contributed by atoms with Crippen molar-refractivity contribution in [3.05, 3.63) is 42.2 Å². The summed E-state index contributed by atoms with van der Waals surface area (Å²) in [5.74, 6) is 0.969. The van der Waals surface area contributed by atoms with Crippen molar-refractivity contribution < 1.29 is 4.42 Å². The van der Waals surface area contributed by atoms with Crippen LogP contribution in [0.4, 0.5) is 0 Å². The van der Waals surface area contributed by atoms with Gasteiger partial charge in [0.15, 0.2) is 0 Å². The Labute approximate surface area is 115 Å². The maximum atomic E-state index is 5.84. The van der Waals surface area contributed by atoms with Crippen LogP contribution in [0.5, 0.6) is 0 Å². The third-order valence-electron chi connectivity index (χ3n) is 3.06. The number of fused-ring (bicyclic) bond motifs is 1. The molecule has 0 aliphatic carbocycles. The Balaban J connectivity index is 2.00. The van der Waals surface area contributed by atoms with Crippen molar-refractivity contribution in [1.82, 2.24) is 5.32 Å². The zero-order chi connectivity index (χ0) is 13.9. The van der Waals surface area contributed by atoms with E-state index in [4.69, 9.17) is 4.42 Å². The molecule has 0 spiro atoms. The van der Waals surface area contributed by atoms with E-state index in [-0.39, 0.29) is 5.54 Å². The fraction of sp³-hybridized carbons (Fsp3) is 0.412. The Bertz CT molecular complexity index is 539. The lowest BCUT2D eigenvalue weighted by molar-refractivity contribution is 0.431. The highest BCUT2D eigenvalue weighted by molar-refractivity contribution is 5.81. The summed E-state index contributed by atoms with van der Waals surface area (Å²) >= 11 is 0. The highest BCUT2D eigenvalue weighted by Gasteiger charge is 2.07. The van der Waals surface area contributed by atoms with E-state index in [0.29, 0.717) is 0 Å². The van der Waals surface area contributed by atoms with E-state index in [1.807, 2.05) is 18.2 Å². The summed E-state index contributed by atoms with van der Waals surface area (Å²) in [6.45, 7) is 9.64. The number of benzene rings is 1. The molecule has 1 heterocycles. The van der Waals surface area contributed by atoms with Gasteiger partial charge in [-0.1, -0.05) is 24.3 Å². The summed E-state index contributed by atoms with van der Waals surface area (Å²) in [5.41, 5.74) is 2.34. The van der Waals surface area contributed by atoms with Crippen molar-refractivity contribution in [2.45, 2.75) is 39.7 Å². The number of para-hydroxylation sites is 1. The van der Waals surface area contributed by atoms with E-state index in [9.17, 15) is 0 Å². The van der Waals surface area contributed by atoms with E-state index < -0.39 is 0 Å². The second-order valence-electron chi connectivity index (χ2n) is 6.00. The number of hydrogen-bond acceptors (Lipinski definition) is 2. The van der Waals surface area contributed by atoms with Crippen LogP contribution in [0.2, 0.25) is 0 Å². The number of nitrogens with one attached hydrogen (secondary N) is 1.